The maximum atomic E-state index is 12.0. The molecule has 11 heteroatoms. The van der Waals surface area contributed by atoms with Crippen LogP contribution in [0.2, 0.25) is 0 Å². The van der Waals surface area contributed by atoms with Crippen molar-refractivity contribution in [3.8, 4) is 5.69 Å². The zero-order valence-corrected chi connectivity index (χ0v) is 12.9. The van der Waals surface area contributed by atoms with Gasteiger partial charge in [0.15, 0.2) is 6.29 Å². The second kappa shape index (κ2) is 6.12. The van der Waals surface area contributed by atoms with Gasteiger partial charge < -0.3 is 14.7 Å². The summed E-state index contributed by atoms with van der Waals surface area (Å²) in [5.41, 5.74) is -2.38. The van der Waals surface area contributed by atoms with Crippen molar-refractivity contribution in [2.24, 2.45) is 0 Å². The molecule has 0 fully saturated rings. The van der Waals surface area contributed by atoms with E-state index in [1.807, 2.05) is 0 Å². The zero-order valence-electron chi connectivity index (χ0n) is 12.9. The van der Waals surface area contributed by atoms with E-state index in [0.29, 0.717) is 10.9 Å². The van der Waals surface area contributed by atoms with Gasteiger partial charge >= 0.3 is 17.1 Å². The molecule has 0 amide bonds. The fourth-order valence-electron chi connectivity index (χ4n) is 2.57. The Morgan fingerprint density at radius 1 is 1.35 bits per heavy atom. The molecule has 0 aliphatic rings. The maximum Gasteiger partial charge on any atom is 0.323 e. The Balaban J connectivity index is 2.41. The number of nitro groups is 1. The van der Waals surface area contributed by atoms with Crippen molar-refractivity contribution in [1.29, 1.82) is 0 Å². The Kier molecular flexibility index (Phi) is 3.96. The summed E-state index contributed by atoms with van der Waals surface area (Å²) in [6.07, 6.45) is 3.30. The molecule has 0 saturated carbocycles. The van der Waals surface area contributed by atoms with E-state index in [0.717, 1.165) is 6.07 Å². The second-order valence-electron chi connectivity index (χ2n) is 5.32. The number of rotatable bonds is 5. The van der Waals surface area contributed by atoms with Crippen molar-refractivity contribution in [2.75, 3.05) is 0 Å². The molecule has 0 radical (unpaired) electrons. The highest BCUT2D eigenvalue weighted by molar-refractivity contribution is 5.83. The summed E-state index contributed by atoms with van der Waals surface area (Å²) in [4.78, 5) is 58.5. The van der Waals surface area contributed by atoms with Crippen molar-refractivity contribution in [3.63, 3.8) is 0 Å². The molecule has 0 spiro atoms. The molecule has 2 aromatic heterocycles. The third kappa shape index (κ3) is 2.77. The van der Waals surface area contributed by atoms with Gasteiger partial charge in [0.05, 0.1) is 16.0 Å². The molecule has 26 heavy (non-hydrogen) atoms. The number of aromatic nitrogens is 3. The van der Waals surface area contributed by atoms with Gasteiger partial charge in [-0.15, -0.1) is 0 Å². The van der Waals surface area contributed by atoms with Crippen molar-refractivity contribution in [1.82, 2.24) is 14.1 Å². The van der Waals surface area contributed by atoms with E-state index in [4.69, 9.17) is 5.11 Å². The average molecular weight is 358 g/mol. The molecule has 3 aromatic rings. The number of hydrogen-bond donors (Lipinski definition) is 2. The molecule has 0 atom stereocenters. The van der Waals surface area contributed by atoms with E-state index in [9.17, 15) is 29.3 Å². The molecular formula is C15H10N4O7. The molecule has 11 nitrogen and oxygen atoms in total. The topological polar surface area (TPSA) is 157 Å². The van der Waals surface area contributed by atoms with Gasteiger partial charge in [0.2, 0.25) is 0 Å². The third-order valence-electron chi connectivity index (χ3n) is 3.69. The Labute approximate surface area is 142 Å². The molecule has 0 bridgehead atoms. The number of fused-ring (bicyclic) bond motifs is 1. The minimum absolute atomic E-state index is 0.000969. The summed E-state index contributed by atoms with van der Waals surface area (Å²) in [5.74, 6) is -1.36. The number of hydrogen-bond acceptors (Lipinski definition) is 6. The molecule has 3 rings (SSSR count). The third-order valence-corrected chi connectivity index (χ3v) is 3.69. The minimum atomic E-state index is -1.36. The van der Waals surface area contributed by atoms with Crippen LogP contribution in [0, 0.1) is 10.1 Å². The number of benzene rings is 1. The van der Waals surface area contributed by atoms with Crippen LogP contribution in [0.25, 0.3) is 16.7 Å². The van der Waals surface area contributed by atoms with Gasteiger partial charge in [-0.3, -0.25) is 33.9 Å². The van der Waals surface area contributed by atoms with Crippen molar-refractivity contribution in [2.45, 2.75) is 6.54 Å². The molecule has 0 saturated heterocycles. The van der Waals surface area contributed by atoms with E-state index < -0.39 is 34.2 Å². The van der Waals surface area contributed by atoms with E-state index >= 15 is 0 Å². The van der Waals surface area contributed by atoms with Gasteiger partial charge in [0.25, 0.3) is 5.69 Å². The van der Waals surface area contributed by atoms with Crippen LogP contribution >= 0.6 is 0 Å². The number of carboxylic acids is 1. The highest BCUT2D eigenvalue weighted by atomic mass is 16.6. The van der Waals surface area contributed by atoms with E-state index in [1.165, 1.54) is 29.1 Å². The number of aromatic amines is 1. The van der Waals surface area contributed by atoms with Crippen LogP contribution in [0.5, 0.6) is 0 Å². The van der Waals surface area contributed by atoms with E-state index in [1.54, 1.807) is 0 Å². The number of nitrogens with one attached hydrogen (secondary N) is 1. The van der Waals surface area contributed by atoms with Crippen molar-refractivity contribution in [3.05, 3.63) is 67.0 Å². The number of nitrogens with zero attached hydrogens (tertiary/aromatic N) is 3. The van der Waals surface area contributed by atoms with E-state index in [2.05, 4.69) is 4.98 Å². The molecule has 1 aromatic carbocycles. The molecular weight excluding hydrogens is 348 g/mol. The largest absolute Gasteiger partial charge is 0.480 e. The summed E-state index contributed by atoms with van der Waals surface area (Å²) in [6, 6.07) is 3.67. The molecule has 0 aliphatic carbocycles. The van der Waals surface area contributed by atoms with Crippen LogP contribution in [-0.2, 0) is 11.3 Å². The van der Waals surface area contributed by atoms with Gasteiger partial charge in [-0.2, -0.15) is 0 Å². The summed E-state index contributed by atoms with van der Waals surface area (Å²) >= 11 is 0. The van der Waals surface area contributed by atoms with Gasteiger partial charge in [-0.25, -0.2) is 0 Å². The normalized spacial score (nSPS) is 10.8. The minimum Gasteiger partial charge on any atom is -0.480 e. The molecule has 0 unspecified atom stereocenters. The summed E-state index contributed by atoms with van der Waals surface area (Å²) in [6.45, 7) is -0.790. The SMILES string of the molecule is O=Cc1ccn(-c2cc3c(cc2[N+](=O)[O-])[nH]c(=O)c(=O)n3CC(=O)O)c1. The second-order valence-corrected chi connectivity index (χ2v) is 5.32. The smallest absolute Gasteiger partial charge is 0.323 e. The first kappa shape index (κ1) is 16.8. The Bertz CT molecular complexity index is 1180. The lowest BCUT2D eigenvalue weighted by molar-refractivity contribution is -0.384. The maximum absolute atomic E-state index is 12.0. The Hall–Kier alpha value is -4.02. The lowest BCUT2D eigenvalue weighted by Crippen LogP contribution is -2.37. The van der Waals surface area contributed by atoms with Crippen LogP contribution in [0.3, 0.4) is 0 Å². The monoisotopic (exact) mass is 358 g/mol. The van der Waals surface area contributed by atoms with Crippen LogP contribution in [0.15, 0.2) is 40.2 Å². The summed E-state index contributed by atoms with van der Waals surface area (Å²) < 4.78 is 2.01. The van der Waals surface area contributed by atoms with Crippen LogP contribution in [0.4, 0.5) is 5.69 Å². The Morgan fingerprint density at radius 2 is 2.08 bits per heavy atom. The fourth-order valence-corrected chi connectivity index (χ4v) is 2.57. The fraction of sp³-hybridized carbons (Fsp3) is 0.0667. The number of carbonyl (C=O) groups excluding carboxylic acids is 1. The summed E-state index contributed by atoms with van der Waals surface area (Å²) in [5, 5.41) is 20.4. The van der Waals surface area contributed by atoms with Gasteiger partial charge in [0, 0.05) is 24.0 Å². The number of aliphatic carboxylic acids is 1. The standard InChI is InChI=1S/C15H10N4O7/c20-7-8-1-2-17(5-8)11-4-10-9(3-12(11)19(25)26)16-14(23)15(24)18(10)6-13(21)22/h1-5,7H,6H2,(H,16,23)(H,21,22). The summed E-state index contributed by atoms with van der Waals surface area (Å²) in [7, 11) is 0. The highest BCUT2D eigenvalue weighted by Crippen LogP contribution is 2.27. The van der Waals surface area contributed by atoms with Crippen LogP contribution in [-0.4, -0.2) is 36.4 Å². The molecule has 0 aliphatic heterocycles. The predicted molar refractivity (Wildman–Crippen MR) is 87.8 cm³/mol. The van der Waals surface area contributed by atoms with Gasteiger partial charge in [-0.1, -0.05) is 0 Å². The molecule has 132 valence electrons. The lowest BCUT2D eigenvalue weighted by Gasteiger charge is -2.10. The van der Waals surface area contributed by atoms with E-state index in [-0.39, 0.29) is 22.3 Å². The lowest BCUT2D eigenvalue weighted by atomic mass is 10.2. The van der Waals surface area contributed by atoms with Crippen LogP contribution < -0.4 is 11.1 Å². The first-order chi connectivity index (χ1) is 12.3. The molecule has 2 heterocycles. The first-order valence-corrected chi connectivity index (χ1v) is 7.12. The van der Waals surface area contributed by atoms with Gasteiger partial charge in [-0.05, 0) is 12.1 Å². The Morgan fingerprint density at radius 3 is 2.65 bits per heavy atom. The average Bonchev–Trinajstić information content (AvgIpc) is 3.06. The number of carbonyl (C=O) groups is 2. The highest BCUT2D eigenvalue weighted by Gasteiger charge is 2.20. The predicted octanol–water partition coefficient (Wildman–Crippen LogP) is 0.286. The number of nitro benzene ring substituents is 1. The van der Waals surface area contributed by atoms with Crippen molar-refractivity contribution >= 4 is 29.0 Å². The number of H-pyrrole nitrogens is 1. The van der Waals surface area contributed by atoms with Gasteiger partial charge in [0.1, 0.15) is 12.2 Å². The number of aldehydes is 1. The first-order valence-electron chi connectivity index (χ1n) is 7.12. The van der Waals surface area contributed by atoms with Crippen molar-refractivity contribution < 1.29 is 19.6 Å². The quantitative estimate of drug-likeness (QED) is 0.287. The van der Waals surface area contributed by atoms with Crippen LogP contribution in [0.1, 0.15) is 10.4 Å². The number of carboxylic acid groups (broad SMARTS) is 1. The molecule has 2 N–H and O–H groups in total. The zero-order chi connectivity index (χ0) is 19.0.